The molecule has 1 saturated heterocycles. The molecule has 1 unspecified atom stereocenters. The summed E-state index contributed by atoms with van der Waals surface area (Å²) in [6.07, 6.45) is 0.459. The van der Waals surface area contributed by atoms with Gasteiger partial charge in [-0.05, 0) is 30.2 Å². The van der Waals surface area contributed by atoms with Crippen molar-refractivity contribution in [1.82, 2.24) is 4.90 Å². The molecular weight excluding hydrogens is 335 g/mol. The number of anilines is 1. The molecule has 1 fully saturated rings. The van der Waals surface area contributed by atoms with E-state index in [4.69, 9.17) is 0 Å². The Bertz CT molecular complexity index is 866. The van der Waals surface area contributed by atoms with E-state index in [0.717, 1.165) is 5.56 Å². The van der Waals surface area contributed by atoms with Gasteiger partial charge in [0.05, 0.1) is 5.92 Å². The van der Waals surface area contributed by atoms with E-state index < -0.39 is 11.7 Å². The Hall–Kier alpha value is -3.02. The minimum absolute atomic E-state index is 0.00824. The maximum atomic E-state index is 14.0. The first-order chi connectivity index (χ1) is 12.5. The highest BCUT2D eigenvalue weighted by Gasteiger charge is 2.40. The monoisotopic (exact) mass is 354 g/mol. The quantitative estimate of drug-likeness (QED) is 0.840. The Labute approximate surface area is 150 Å². The molecule has 5 nitrogen and oxygen atoms in total. The van der Waals surface area contributed by atoms with Crippen LogP contribution in [-0.2, 0) is 20.8 Å². The van der Waals surface area contributed by atoms with Crippen LogP contribution in [0.15, 0.2) is 48.5 Å². The van der Waals surface area contributed by atoms with Crippen molar-refractivity contribution in [2.24, 2.45) is 0 Å². The maximum Gasteiger partial charge on any atom is 0.237 e. The van der Waals surface area contributed by atoms with E-state index in [2.05, 4.69) is 5.32 Å². The van der Waals surface area contributed by atoms with E-state index in [1.54, 1.807) is 36.4 Å². The van der Waals surface area contributed by atoms with Crippen LogP contribution in [0.25, 0.3) is 0 Å². The van der Waals surface area contributed by atoms with E-state index in [-0.39, 0.29) is 36.3 Å². The highest BCUT2D eigenvalue weighted by molar-refractivity contribution is 6.06. The molecule has 0 radical (unpaired) electrons. The zero-order valence-corrected chi connectivity index (χ0v) is 14.4. The van der Waals surface area contributed by atoms with Crippen LogP contribution < -0.4 is 5.32 Å². The van der Waals surface area contributed by atoms with E-state index in [9.17, 15) is 18.8 Å². The van der Waals surface area contributed by atoms with Gasteiger partial charge in [0.15, 0.2) is 0 Å². The summed E-state index contributed by atoms with van der Waals surface area (Å²) in [5.41, 5.74) is 1.82. The van der Waals surface area contributed by atoms with Gasteiger partial charge in [-0.3, -0.25) is 19.3 Å². The number of hydrogen-bond donors (Lipinski definition) is 1. The number of amides is 3. The molecule has 1 aliphatic rings. The van der Waals surface area contributed by atoms with E-state index in [1.807, 2.05) is 6.07 Å². The number of carbonyl (C=O) groups excluding carboxylic acids is 3. The SMILES string of the molecule is CC(=O)Nc1cccc(CCN2C(=O)CC(c3ccccc3F)C2=O)c1. The average molecular weight is 354 g/mol. The third-order valence-electron chi connectivity index (χ3n) is 4.40. The van der Waals surface area contributed by atoms with Gasteiger partial charge in [-0.1, -0.05) is 30.3 Å². The predicted molar refractivity (Wildman–Crippen MR) is 94.9 cm³/mol. The molecule has 6 heteroatoms. The molecule has 0 bridgehead atoms. The second kappa shape index (κ2) is 7.47. The third kappa shape index (κ3) is 3.79. The highest BCUT2D eigenvalue weighted by atomic mass is 19.1. The number of rotatable bonds is 5. The molecule has 0 spiro atoms. The normalized spacial score (nSPS) is 16.8. The summed E-state index contributed by atoms with van der Waals surface area (Å²) in [5.74, 6) is -2.04. The van der Waals surface area contributed by atoms with Gasteiger partial charge in [0, 0.05) is 31.1 Å². The molecule has 0 aromatic heterocycles. The molecule has 0 aliphatic carbocycles. The lowest BCUT2D eigenvalue weighted by molar-refractivity contribution is -0.138. The third-order valence-corrected chi connectivity index (χ3v) is 4.40. The Kier molecular flexibility index (Phi) is 5.11. The summed E-state index contributed by atoms with van der Waals surface area (Å²) in [7, 11) is 0. The number of imide groups is 1. The van der Waals surface area contributed by atoms with Crippen molar-refractivity contribution in [2.45, 2.75) is 25.7 Å². The minimum atomic E-state index is -0.755. The van der Waals surface area contributed by atoms with Gasteiger partial charge in [-0.15, -0.1) is 0 Å². The van der Waals surface area contributed by atoms with Gasteiger partial charge < -0.3 is 5.32 Å². The summed E-state index contributed by atoms with van der Waals surface area (Å²) < 4.78 is 14.0. The van der Waals surface area contributed by atoms with Gasteiger partial charge in [0.2, 0.25) is 17.7 Å². The second-order valence-corrected chi connectivity index (χ2v) is 6.29. The molecule has 2 aromatic rings. The molecule has 0 saturated carbocycles. The molecule has 1 heterocycles. The first-order valence-corrected chi connectivity index (χ1v) is 8.41. The molecule has 3 rings (SSSR count). The molecule has 2 aromatic carbocycles. The van der Waals surface area contributed by atoms with Crippen LogP contribution in [0.3, 0.4) is 0 Å². The van der Waals surface area contributed by atoms with Gasteiger partial charge in [0.1, 0.15) is 5.82 Å². The van der Waals surface area contributed by atoms with Crippen molar-refractivity contribution in [3.05, 3.63) is 65.5 Å². The smallest absolute Gasteiger partial charge is 0.237 e. The van der Waals surface area contributed by atoms with Gasteiger partial charge in [-0.25, -0.2) is 4.39 Å². The fourth-order valence-corrected chi connectivity index (χ4v) is 3.17. The van der Waals surface area contributed by atoms with Crippen LogP contribution in [0.4, 0.5) is 10.1 Å². The molecule has 1 N–H and O–H groups in total. The molecule has 134 valence electrons. The lowest BCUT2D eigenvalue weighted by Crippen LogP contribution is -2.32. The van der Waals surface area contributed by atoms with Crippen molar-refractivity contribution < 1.29 is 18.8 Å². The Morgan fingerprint density at radius 1 is 1.19 bits per heavy atom. The predicted octanol–water partition coefficient (Wildman–Crippen LogP) is 2.87. The number of hydrogen-bond acceptors (Lipinski definition) is 3. The number of nitrogens with zero attached hydrogens (tertiary/aromatic N) is 1. The fourth-order valence-electron chi connectivity index (χ4n) is 3.17. The average Bonchev–Trinajstić information content (AvgIpc) is 2.87. The first-order valence-electron chi connectivity index (χ1n) is 8.41. The zero-order chi connectivity index (χ0) is 18.7. The van der Waals surface area contributed by atoms with Crippen molar-refractivity contribution in [2.75, 3.05) is 11.9 Å². The van der Waals surface area contributed by atoms with E-state index in [1.165, 1.54) is 17.9 Å². The van der Waals surface area contributed by atoms with Crippen LogP contribution in [0.5, 0.6) is 0 Å². The molecule has 1 aliphatic heterocycles. The largest absolute Gasteiger partial charge is 0.326 e. The Morgan fingerprint density at radius 2 is 1.96 bits per heavy atom. The summed E-state index contributed by atoms with van der Waals surface area (Å²) in [6.45, 7) is 1.66. The van der Waals surface area contributed by atoms with Crippen molar-refractivity contribution in [1.29, 1.82) is 0 Å². The fraction of sp³-hybridized carbons (Fsp3) is 0.250. The topological polar surface area (TPSA) is 66.5 Å². The van der Waals surface area contributed by atoms with E-state index >= 15 is 0 Å². The summed E-state index contributed by atoms with van der Waals surface area (Å²) in [6, 6.07) is 13.3. The lowest BCUT2D eigenvalue weighted by Gasteiger charge is -2.15. The number of benzene rings is 2. The molecule has 1 atom stereocenters. The van der Waals surface area contributed by atoms with E-state index in [0.29, 0.717) is 12.1 Å². The van der Waals surface area contributed by atoms with Crippen molar-refractivity contribution >= 4 is 23.4 Å². The van der Waals surface area contributed by atoms with Crippen molar-refractivity contribution in [3.63, 3.8) is 0 Å². The second-order valence-electron chi connectivity index (χ2n) is 6.29. The van der Waals surface area contributed by atoms with Gasteiger partial charge >= 0.3 is 0 Å². The summed E-state index contributed by atoms with van der Waals surface area (Å²) >= 11 is 0. The number of halogens is 1. The number of nitrogens with one attached hydrogen (secondary N) is 1. The number of carbonyl (C=O) groups is 3. The number of likely N-dealkylation sites (tertiary alicyclic amines) is 1. The summed E-state index contributed by atoms with van der Waals surface area (Å²) in [5, 5.41) is 2.70. The molecule has 26 heavy (non-hydrogen) atoms. The van der Waals surface area contributed by atoms with Crippen LogP contribution in [-0.4, -0.2) is 29.2 Å². The van der Waals surface area contributed by atoms with Crippen LogP contribution >= 0.6 is 0 Å². The lowest BCUT2D eigenvalue weighted by atomic mass is 9.97. The van der Waals surface area contributed by atoms with Crippen LogP contribution in [0, 0.1) is 5.82 Å². The molecule has 3 amide bonds. The van der Waals surface area contributed by atoms with Crippen LogP contribution in [0.1, 0.15) is 30.4 Å². The Morgan fingerprint density at radius 3 is 2.69 bits per heavy atom. The summed E-state index contributed by atoms with van der Waals surface area (Å²) in [4.78, 5) is 37.2. The minimum Gasteiger partial charge on any atom is -0.326 e. The van der Waals surface area contributed by atoms with Crippen LogP contribution in [0.2, 0.25) is 0 Å². The standard InChI is InChI=1S/C20H19FN2O3/c1-13(24)22-15-6-4-5-14(11-15)9-10-23-19(25)12-17(20(23)26)16-7-2-3-8-18(16)21/h2-8,11,17H,9-10,12H2,1H3,(H,22,24). The zero-order valence-electron chi connectivity index (χ0n) is 14.4. The van der Waals surface area contributed by atoms with Gasteiger partial charge in [0.25, 0.3) is 0 Å². The van der Waals surface area contributed by atoms with Crippen molar-refractivity contribution in [3.8, 4) is 0 Å². The first kappa shape index (κ1) is 17.8. The molecular formula is C20H19FN2O3. The maximum absolute atomic E-state index is 14.0. The van der Waals surface area contributed by atoms with Gasteiger partial charge in [-0.2, -0.15) is 0 Å². The Balaban J connectivity index is 1.69. The highest BCUT2D eigenvalue weighted by Crippen LogP contribution is 2.31.